The van der Waals surface area contributed by atoms with E-state index in [1.165, 1.54) is 0 Å². The molecule has 2 aliphatic heterocycles. The van der Waals surface area contributed by atoms with Gasteiger partial charge in [0.05, 0.1) is 17.9 Å². The van der Waals surface area contributed by atoms with Crippen LogP contribution in [0.5, 0.6) is 0 Å². The molecule has 2 saturated heterocycles. The van der Waals surface area contributed by atoms with Crippen LogP contribution in [-0.2, 0) is 19.1 Å². The van der Waals surface area contributed by atoms with E-state index >= 15 is 0 Å². The van der Waals surface area contributed by atoms with Crippen molar-refractivity contribution in [1.29, 1.82) is 0 Å². The third-order valence-corrected chi connectivity index (χ3v) is 5.55. The number of ether oxygens (including phenoxy) is 2. The Morgan fingerprint density at radius 3 is 2.57 bits per heavy atom. The summed E-state index contributed by atoms with van der Waals surface area (Å²) < 4.78 is 10.5. The van der Waals surface area contributed by atoms with Crippen molar-refractivity contribution in [3.63, 3.8) is 0 Å². The van der Waals surface area contributed by atoms with E-state index in [1.54, 1.807) is 0 Å². The van der Waals surface area contributed by atoms with E-state index in [1.807, 2.05) is 6.92 Å². The summed E-state index contributed by atoms with van der Waals surface area (Å²) in [5.41, 5.74) is -0.299. The SMILES string of the molecule is CCOC(=O)[C@H]1CC[C@]2(CC1)CC1(CCOCC1)C(=O)N2. The van der Waals surface area contributed by atoms with Crippen molar-refractivity contribution < 1.29 is 19.1 Å². The molecule has 5 heteroatoms. The lowest BCUT2D eigenvalue weighted by molar-refractivity contribution is -0.149. The Kier molecular flexibility index (Phi) is 3.95. The van der Waals surface area contributed by atoms with E-state index in [-0.39, 0.29) is 28.7 Å². The first kappa shape index (κ1) is 14.8. The molecule has 3 rings (SSSR count). The van der Waals surface area contributed by atoms with E-state index in [2.05, 4.69) is 5.32 Å². The number of hydrogen-bond acceptors (Lipinski definition) is 4. The van der Waals surface area contributed by atoms with Gasteiger partial charge in [-0.1, -0.05) is 0 Å². The summed E-state index contributed by atoms with van der Waals surface area (Å²) in [6, 6.07) is 0. The van der Waals surface area contributed by atoms with Gasteiger partial charge in [0.15, 0.2) is 0 Å². The van der Waals surface area contributed by atoms with Gasteiger partial charge in [-0.05, 0) is 51.9 Å². The predicted molar refractivity (Wildman–Crippen MR) is 76.6 cm³/mol. The van der Waals surface area contributed by atoms with Gasteiger partial charge in [-0.15, -0.1) is 0 Å². The molecule has 0 aromatic rings. The molecule has 0 aromatic carbocycles. The van der Waals surface area contributed by atoms with E-state index in [0.29, 0.717) is 19.8 Å². The van der Waals surface area contributed by atoms with Crippen molar-refractivity contribution >= 4 is 11.9 Å². The van der Waals surface area contributed by atoms with Crippen molar-refractivity contribution in [1.82, 2.24) is 5.32 Å². The van der Waals surface area contributed by atoms with Crippen LogP contribution >= 0.6 is 0 Å². The zero-order valence-corrected chi connectivity index (χ0v) is 12.8. The van der Waals surface area contributed by atoms with Gasteiger partial charge in [-0.3, -0.25) is 9.59 Å². The Labute approximate surface area is 125 Å². The average Bonchev–Trinajstić information content (AvgIpc) is 2.73. The maximum atomic E-state index is 12.5. The third kappa shape index (κ3) is 2.68. The Morgan fingerprint density at radius 2 is 1.95 bits per heavy atom. The molecule has 2 heterocycles. The number of esters is 1. The Hall–Kier alpha value is -1.10. The first-order valence-corrected chi connectivity index (χ1v) is 8.16. The van der Waals surface area contributed by atoms with Gasteiger partial charge in [0.25, 0.3) is 0 Å². The molecule has 1 aliphatic carbocycles. The topological polar surface area (TPSA) is 64.6 Å². The van der Waals surface area contributed by atoms with Gasteiger partial charge in [-0.25, -0.2) is 0 Å². The zero-order valence-electron chi connectivity index (χ0n) is 12.8. The number of hydrogen-bond donors (Lipinski definition) is 1. The molecular weight excluding hydrogens is 270 g/mol. The van der Waals surface area contributed by atoms with Gasteiger partial charge < -0.3 is 14.8 Å². The molecule has 1 N–H and O–H groups in total. The fourth-order valence-corrected chi connectivity index (χ4v) is 4.28. The molecule has 2 spiro atoms. The number of rotatable bonds is 2. The lowest BCUT2D eigenvalue weighted by Crippen LogP contribution is -2.45. The second-order valence-electron chi connectivity index (χ2n) is 6.83. The fourth-order valence-electron chi connectivity index (χ4n) is 4.28. The van der Waals surface area contributed by atoms with Crippen LogP contribution < -0.4 is 5.32 Å². The Morgan fingerprint density at radius 1 is 1.29 bits per heavy atom. The molecule has 0 radical (unpaired) electrons. The van der Waals surface area contributed by atoms with Gasteiger partial charge in [0, 0.05) is 18.8 Å². The van der Waals surface area contributed by atoms with Crippen LogP contribution in [0.15, 0.2) is 0 Å². The van der Waals surface area contributed by atoms with Crippen molar-refractivity contribution in [3.05, 3.63) is 0 Å². The summed E-state index contributed by atoms with van der Waals surface area (Å²) >= 11 is 0. The van der Waals surface area contributed by atoms with E-state index in [9.17, 15) is 9.59 Å². The monoisotopic (exact) mass is 295 g/mol. The van der Waals surface area contributed by atoms with Crippen molar-refractivity contribution in [3.8, 4) is 0 Å². The average molecular weight is 295 g/mol. The predicted octanol–water partition coefficient (Wildman–Crippen LogP) is 1.80. The molecule has 3 fully saturated rings. The highest BCUT2D eigenvalue weighted by Gasteiger charge is 2.55. The molecule has 0 atom stereocenters. The number of nitrogens with one attached hydrogen (secondary N) is 1. The summed E-state index contributed by atoms with van der Waals surface area (Å²) in [7, 11) is 0. The minimum absolute atomic E-state index is 0.0127. The highest BCUT2D eigenvalue weighted by atomic mass is 16.5. The number of carbonyl (C=O) groups is 2. The zero-order chi connectivity index (χ0) is 14.9. The molecule has 118 valence electrons. The third-order valence-electron chi connectivity index (χ3n) is 5.55. The summed E-state index contributed by atoms with van der Waals surface area (Å²) in [4.78, 5) is 24.3. The highest BCUT2D eigenvalue weighted by Crippen LogP contribution is 2.49. The van der Waals surface area contributed by atoms with Crippen LogP contribution in [0.25, 0.3) is 0 Å². The van der Waals surface area contributed by atoms with Crippen LogP contribution in [0, 0.1) is 11.3 Å². The minimum atomic E-state index is -0.213. The molecular formula is C16H25NO4. The van der Waals surface area contributed by atoms with Gasteiger partial charge in [0.1, 0.15) is 0 Å². The molecule has 5 nitrogen and oxygen atoms in total. The molecule has 0 unspecified atom stereocenters. The molecule has 1 saturated carbocycles. The highest BCUT2D eigenvalue weighted by molar-refractivity contribution is 5.86. The van der Waals surface area contributed by atoms with Crippen LogP contribution in [0.1, 0.15) is 51.9 Å². The second kappa shape index (κ2) is 5.59. The standard InChI is InChI=1S/C16H25NO4/c1-2-21-13(18)12-3-5-16(6-4-12)11-15(14(19)17-16)7-9-20-10-8-15/h12H,2-11H2,1H3,(H,17,19)/t12-,16-. The van der Waals surface area contributed by atoms with E-state index in [0.717, 1.165) is 44.9 Å². The molecule has 0 bridgehead atoms. The van der Waals surface area contributed by atoms with Gasteiger partial charge in [0.2, 0.25) is 5.91 Å². The maximum absolute atomic E-state index is 12.5. The quantitative estimate of drug-likeness (QED) is 0.789. The van der Waals surface area contributed by atoms with Crippen LogP contribution in [0.4, 0.5) is 0 Å². The first-order valence-electron chi connectivity index (χ1n) is 8.16. The van der Waals surface area contributed by atoms with Crippen molar-refractivity contribution in [2.24, 2.45) is 11.3 Å². The molecule has 0 aromatic heterocycles. The largest absolute Gasteiger partial charge is 0.466 e. The lowest BCUT2D eigenvalue weighted by Gasteiger charge is -2.38. The van der Waals surface area contributed by atoms with Crippen LogP contribution in [-0.4, -0.2) is 37.2 Å². The first-order chi connectivity index (χ1) is 10.1. The summed E-state index contributed by atoms with van der Waals surface area (Å²) in [6.45, 7) is 3.67. The van der Waals surface area contributed by atoms with Crippen LogP contribution in [0.2, 0.25) is 0 Å². The minimum Gasteiger partial charge on any atom is -0.466 e. The van der Waals surface area contributed by atoms with Crippen LogP contribution in [0.3, 0.4) is 0 Å². The van der Waals surface area contributed by atoms with E-state index in [4.69, 9.17) is 9.47 Å². The summed E-state index contributed by atoms with van der Waals surface area (Å²) in [6.07, 6.45) is 6.02. The van der Waals surface area contributed by atoms with Gasteiger partial charge in [-0.2, -0.15) is 0 Å². The number of carbonyl (C=O) groups excluding carboxylic acids is 2. The fraction of sp³-hybridized carbons (Fsp3) is 0.875. The normalized spacial score (nSPS) is 34.9. The number of amides is 1. The Bertz CT molecular complexity index is 420. The lowest BCUT2D eigenvalue weighted by atomic mass is 9.69. The van der Waals surface area contributed by atoms with E-state index < -0.39 is 0 Å². The molecule has 21 heavy (non-hydrogen) atoms. The van der Waals surface area contributed by atoms with Crippen molar-refractivity contribution in [2.75, 3.05) is 19.8 Å². The molecule has 1 amide bonds. The summed E-state index contributed by atoms with van der Waals surface area (Å²) in [5, 5.41) is 3.27. The molecule has 3 aliphatic rings. The smallest absolute Gasteiger partial charge is 0.308 e. The summed E-state index contributed by atoms with van der Waals surface area (Å²) in [5.74, 6) is 0.150. The maximum Gasteiger partial charge on any atom is 0.308 e. The Balaban J connectivity index is 1.63. The van der Waals surface area contributed by atoms with Crippen molar-refractivity contribution in [2.45, 2.75) is 57.4 Å². The second-order valence-corrected chi connectivity index (χ2v) is 6.83. The van der Waals surface area contributed by atoms with Gasteiger partial charge >= 0.3 is 5.97 Å².